The maximum Gasteiger partial charge on any atom is 0.340 e. The molecular formula is C15H18N2O4. The fraction of sp³-hybridized carbons (Fsp3) is 0.467. The second-order valence-corrected chi connectivity index (χ2v) is 4.64. The highest BCUT2D eigenvalue weighted by molar-refractivity contribution is 5.97. The topological polar surface area (TPSA) is 68.2 Å². The molecule has 0 N–H and O–H groups in total. The number of nitrogens with zero attached hydrogens (tertiary/aromatic N) is 2. The summed E-state index contributed by atoms with van der Waals surface area (Å²) < 4.78 is 10.5. The van der Waals surface area contributed by atoms with Crippen LogP contribution in [0.25, 0.3) is 0 Å². The summed E-state index contributed by atoms with van der Waals surface area (Å²) >= 11 is 0. The maximum absolute atomic E-state index is 12.2. The van der Waals surface area contributed by atoms with Crippen LogP contribution in [0.2, 0.25) is 0 Å². The van der Waals surface area contributed by atoms with Gasteiger partial charge in [-0.15, -0.1) is 0 Å². The molecule has 2 rings (SSSR count). The lowest BCUT2D eigenvalue weighted by atomic mass is 10.1. The highest BCUT2D eigenvalue weighted by Gasteiger charge is 2.20. The molecular weight excluding hydrogens is 272 g/mol. The summed E-state index contributed by atoms with van der Waals surface area (Å²) in [6.45, 7) is 4.97. The lowest BCUT2D eigenvalue weighted by molar-refractivity contribution is 0.0505. The Labute approximate surface area is 123 Å². The number of hydrogen-bond donors (Lipinski definition) is 0. The van der Waals surface area contributed by atoms with Crippen LogP contribution in [0, 0.1) is 0 Å². The zero-order valence-electron chi connectivity index (χ0n) is 12.0. The van der Waals surface area contributed by atoms with Crippen molar-refractivity contribution in [3.63, 3.8) is 0 Å². The molecule has 0 spiro atoms. The fourth-order valence-electron chi connectivity index (χ4n) is 2.16. The summed E-state index contributed by atoms with van der Waals surface area (Å²) in [5.41, 5.74) is 1.59. The summed E-state index contributed by atoms with van der Waals surface area (Å²) in [4.78, 5) is 28.2. The number of aliphatic imine (C=N–C) groups is 1. The molecule has 1 heterocycles. The molecule has 1 fully saturated rings. The molecule has 112 valence electrons. The van der Waals surface area contributed by atoms with Crippen LogP contribution in [0.5, 0.6) is 0 Å². The van der Waals surface area contributed by atoms with Gasteiger partial charge in [0.05, 0.1) is 36.8 Å². The number of anilines is 1. The third-order valence-corrected chi connectivity index (χ3v) is 3.16. The molecule has 0 radical (unpaired) electrons. The number of carbonyl (C=O) groups is 1. The van der Waals surface area contributed by atoms with Crippen LogP contribution < -0.4 is 4.90 Å². The van der Waals surface area contributed by atoms with E-state index in [0.717, 1.165) is 12.1 Å². The van der Waals surface area contributed by atoms with Gasteiger partial charge in [0, 0.05) is 13.1 Å². The highest BCUT2D eigenvalue weighted by atomic mass is 16.5. The predicted molar refractivity (Wildman–Crippen MR) is 77.8 cm³/mol. The Kier molecular flexibility index (Phi) is 5.49. The molecule has 0 saturated carbocycles. The minimum Gasteiger partial charge on any atom is -0.462 e. The van der Waals surface area contributed by atoms with E-state index in [-0.39, 0.29) is 0 Å². The van der Waals surface area contributed by atoms with Gasteiger partial charge in [0.2, 0.25) is 6.08 Å². The molecule has 0 aliphatic carbocycles. The third-order valence-electron chi connectivity index (χ3n) is 3.16. The van der Waals surface area contributed by atoms with Crippen LogP contribution in [0.3, 0.4) is 0 Å². The molecule has 0 aromatic heterocycles. The van der Waals surface area contributed by atoms with Gasteiger partial charge in [-0.1, -0.05) is 6.92 Å². The number of esters is 1. The van der Waals surface area contributed by atoms with Gasteiger partial charge in [0.25, 0.3) is 0 Å². The Morgan fingerprint density at radius 2 is 2.19 bits per heavy atom. The van der Waals surface area contributed by atoms with Crippen molar-refractivity contribution in [3.05, 3.63) is 23.8 Å². The van der Waals surface area contributed by atoms with Gasteiger partial charge >= 0.3 is 5.97 Å². The monoisotopic (exact) mass is 290 g/mol. The van der Waals surface area contributed by atoms with Crippen LogP contribution in [-0.4, -0.2) is 45.0 Å². The van der Waals surface area contributed by atoms with Crippen molar-refractivity contribution < 1.29 is 19.1 Å². The Bertz CT molecular complexity index is 547. The first-order chi connectivity index (χ1) is 10.3. The average Bonchev–Trinajstić information content (AvgIpc) is 2.53. The first kappa shape index (κ1) is 15.2. The average molecular weight is 290 g/mol. The van der Waals surface area contributed by atoms with E-state index in [9.17, 15) is 9.59 Å². The van der Waals surface area contributed by atoms with Gasteiger partial charge in [-0.05, 0) is 24.6 Å². The Balaban J connectivity index is 2.32. The van der Waals surface area contributed by atoms with Gasteiger partial charge < -0.3 is 14.4 Å². The van der Waals surface area contributed by atoms with Crippen molar-refractivity contribution in [3.8, 4) is 0 Å². The van der Waals surface area contributed by atoms with Crippen molar-refractivity contribution in [2.24, 2.45) is 4.99 Å². The number of ether oxygens (including phenoxy) is 2. The quantitative estimate of drug-likeness (QED) is 0.471. The molecule has 1 saturated heterocycles. The summed E-state index contributed by atoms with van der Waals surface area (Å²) in [5.74, 6) is -0.402. The molecule has 0 unspecified atom stereocenters. The van der Waals surface area contributed by atoms with Gasteiger partial charge in [0.15, 0.2) is 0 Å². The number of hydrogen-bond acceptors (Lipinski definition) is 6. The van der Waals surface area contributed by atoms with Crippen LogP contribution in [0.15, 0.2) is 23.2 Å². The lowest BCUT2D eigenvalue weighted by Crippen LogP contribution is -2.37. The van der Waals surface area contributed by atoms with Gasteiger partial charge in [-0.25, -0.2) is 9.59 Å². The van der Waals surface area contributed by atoms with E-state index >= 15 is 0 Å². The van der Waals surface area contributed by atoms with E-state index in [1.54, 1.807) is 18.2 Å². The third kappa shape index (κ3) is 3.90. The standard InChI is InChI=1S/C15H18N2O4/c1-2-7-21-15(19)13-10-12(16-11-18)3-4-14(13)17-5-8-20-9-6-17/h3-4,10H,2,5-9H2,1H3. The van der Waals surface area contributed by atoms with E-state index in [1.807, 2.05) is 6.92 Å². The van der Waals surface area contributed by atoms with Crippen molar-refractivity contribution >= 4 is 23.4 Å². The van der Waals surface area contributed by atoms with Crippen LogP contribution in [-0.2, 0) is 14.3 Å². The number of benzene rings is 1. The lowest BCUT2D eigenvalue weighted by Gasteiger charge is -2.30. The molecule has 1 aliphatic heterocycles. The maximum atomic E-state index is 12.2. The van der Waals surface area contributed by atoms with Crippen molar-refractivity contribution in [1.29, 1.82) is 0 Å². The van der Waals surface area contributed by atoms with Crippen molar-refractivity contribution in [1.82, 2.24) is 0 Å². The molecule has 0 bridgehead atoms. The minimum absolute atomic E-state index is 0.364. The molecule has 6 nitrogen and oxygen atoms in total. The zero-order valence-corrected chi connectivity index (χ0v) is 12.0. The van der Waals surface area contributed by atoms with Gasteiger partial charge in [-0.3, -0.25) is 0 Å². The summed E-state index contributed by atoms with van der Waals surface area (Å²) in [6, 6.07) is 5.03. The fourth-order valence-corrected chi connectivity index (χ4v) is 2.16. The Morgan fingerprint density at radius 1 is 1.43 bits per heavy atom. The first-order valence-corrected chi connectivity index (χ1v) is 6.98. The number of carbonyl (C=O) groups excluding carboxylic acids is 2. The van der Waals surface area contributed by atoms with E-state index < -0.39 is 5.97 Å². The van der Waals surface area contributed by atoms with E-state index in [1.165, 1.54) is 6.08 Å². The highest BCUT2D eigenvalue weighted by Crippen LogP contribution is 2.27. The number of isocyanates is 1. The summed E-state index contributed by atoms with van der Waals surface area (Å²) in [7, 11) is 0. The Morgan fingerprint density at radius 3 is 2.86 bits per heavy atom. The molecule has 0 atom stereocenters. The van der Waals surface area contributed by atoms with E-state index in [4.69, 9.17) is 9.47 Å². The number of rotatable bonds is 5. The van der Waals surface area contributed by atoms with E-state index in [2.05, 4.69) is 9.89 Å². The smallest absolute Gasteiger partial charge is 0.340 e. The van der Waals surface area contributed by atoms with E-state index in [0.29, 0.717) is 44.2 Å². The molecule has 21 heavy (non-hydrogen) atoms. The number of morpholine rings is 1. The summed E-state index contributed by atoms with van der Waals surface area (Å²) in [5, 5.41) is 0. The molecule has 1 aromatic carbocycles. The predicted octanol–water partition coefficient (Wildman–Crippen LogP) is 2.06. The van der Waals surface area contributed by atoms with Crippen molar-refractivity contribution in [2.75, 3.05) is 37.8 Å². The van der Waals surface area contributed by atoms with Gasteiger partial charge in [-0.2, -0.15) is 4.99 Å². The first-order valence-electron chi connectivity index (χ1n) is 6.98. The second-order valence-electron chi connectivity index (χ2n) is 4.64. The SMILES string of the molecule is CCCOC(=O)c1cc(N=C=O)ccc1N1CCOCC1. The summed E-state index contributed by atoms with van der Waals surface area (Å²) in [6.07, 6.45) is 2.24. The normalized spacial score (nSPS) is 14.4. The molecule has 1 aromatic rings. The Hall–Kier alpha value is -2.17. The second kappa shape index (κ2) is 7.57. The van der Waals surface area contributed by atoms with Crippen LogP contribution in [0.4, 0.5) is 11.4 Å². The van der Waals surface area contributed by atoms with Gasteiger partial charge in [0.1, 0.15) is 0 Å². The molecule has 6 heteroatoms. The largest absolute Gasteiger partial charge is 0.462 e. The minimum atomic E-state index is -0.402. The van der Waals surface area contributed by atoms with Crippen molar-refractivity contribution in [2.45, 2.75) is 13.3 Å². The van der Waals surface area contributed by atoms with Crippen LogP contribution >= 0.6 is 0 Å². The molecule has 0 amide bonds. The molecule has 1 aliphatic rings. The zero-order chi connectivity index (χ0) is 15.1. The van der Waals surface area contributed by atoms with Crippen LogP contribution in [0.1, 0.15) is 23.7 Å².